The zero-order valence-corrected chi connectivity index (χ0v) is 13.0. The van der Waals surface area contributed by atoms with E-state index in [1.807, 2.05) is 6.92 Å². The molecule has 2 aromatic heterocycles. The lowest BCUT2D eigenvalue weighted by molar-refractivity contribution is -0.0380. The van der Waals surface area contributed by atoms with Gasteiger partial charge in [-0.05, 0) is 19.8 Å². The van der Waals surface area contributed by atoms with E-state index in [9.17, 15) is 0 Å². The van der Waals surface area contributed by atoms with Gasteiger partial charge >= 0.3 is 0 Å². The molecule has 1 saturated heterocycles. The lowest BCUT2D eigenvalue weighted by Crippen LogP contribution is -2.38. The average Bonchev–Trinajstić information content (AvgIpc) is 3.17. The van der Waals surface area contributed by atoms with Crippen molar-refractivity contribution in [3.05, 3.63) is 23.3 Å². The van der Waals surface area contributed by atoms with Crippen LogP contribution in [0.1, 0.15) is 48.2 Å². The van der Waals surface area contributed by atoms with Crippen molar-refractivity contribution in [1.82, 2.24) is 34.8 Å². The highest BCUT2D eigenvalue weighted by Crippen LogP contribution is 2.38. The standard InChI is InChI=1S/C14H21N7O/c1-9-15-13(18-16-9)11-7-21(5-6-22-11)8-12-17-19-14(20(12)2)10-3-4-10/h10-11H,3-8H2,1-2H3,(H,15,16,18). The minimum absolute atomic E-state index is 0.0742. The van der Waals surface area contributed by atoms with Gasteiger partial charge in [-0.2, -0.15) is 5.10 Å². The molecule has 1 saturated carbocycles. The van der Waals surface area contributed by atoms with Gasteiger partial charge in [-0.15, -0.1) is 10.2 Å². The maximum Gasteiger partial charge on any atom is 0.180 e. The van der Waals surface area contributed by atoms with E-state index in [1.165, 1.54) is 12.8 Å². The molecule has 1 N–H and O–H groups in total. The summed E-state index contributed by atoms with van der Waals surface area (Å²) in [5.41, 5.74) is 0. The molecule has 8 nitrogen and oxygen atoms in total. The monoisotopic (exact) mass is 303 g/mol. The lowest BCUT2D eigenvalue weighted by Gasteiger charge is -2.31. The fourth-order valence-corrected chi connectivity index (χ4v) is 2.92. The highest BCUT2D eigenvalue weighted by Gasteiger charge is 2.30. The van der Waals surface area contributed by atoms with Crippen LogP contribution in [0.5, 0.6) is 0 Å². The molecule has 1 aliphatic heterocycles. The van der Waals surface area contributed by atoms with Gasteiger partial charge in [0.25, 0.3) is 0 Å². The SMILES string of the molecule is Cc1nc(C2CN(Cc3nnc(C4CC4)n3C)CCO2)n[nH]1. The van der Waals surface area contributed by atoms with Gasteiger partial charge in [0.05, 0.1) is 13.2 Å². The number of nitrogens with zero attached hydrogens (tertiary/aromatic N) is 6. The van der Waals surface area contributed by atoms with Crippen molar-refractivity contribution >= 4 is 0 Å². The van der Waals surface area contributed by atoms with Crippen molar-refractivity contribution in [1.29, 1.82) is 0 Å². The van der Waals surface area contributed by atoms with Crippen LogP contribution in [0.15, 0.2) is 0 Å². The van der Waals surface area contributed by atoms with Crippen molar-refractivity contribution in [3.63, 3.8) is 0 Å². The molecule has 0 radical (unpaired) electrons. The topological polar surface area (TPSA) is 84.8 Å². The second kappa shape index (κ2) is 5.44. The molecule has 1 unspecified atom stereocenters. The van der Waals surface area contributed by atoms with Gasteiger partial charge < -0.3 is 9.30 Å². The third-order valence-electron chi connectivity index (χ3n) is 4.36. The van der Waals surface area contributed by atoms with Crippen LogP contribution in [0.2, 0.25) is 0 Å². The fraction of sp³-hybridized carbons (Fsp3) is 0.714. The number of aromatic amines is 1. The van der Waals surface area contributed by atoms with Crippen LogP contribution < -0.4 is 0 Å². The Labute approximate surface area is 128 Å². The van der Waals surface area contributed by atoms with E-state index in [4.69, 9.17) is 4.74 Å². The quantitative estimate of drug-likeness (QED) is 0.894. The number of nitrogens with one attached hydrogen (secondary N) is 1. The molecule has 0 spiro atoms. The summed E-state index contributed by atoms with van der Waals surface area (Å²) in [4.78, 5) is 6.71. The van der Waals surface area contributed by atoms with E-state index in [0.717, 1.165) is 42.9 Å². The molecule has 0 amide bonds. The van der Waals surface area contributed by atoms with E-state index >= 15 is 0 Å². The van der Waals surface area contributed by atoms with Crippen molar-refractivity contribution in [2.75, 3.05) is 19.7 Å². The zero-order valence-electron chi connectivity index (χ0n) is 13.0. The van der Waals surface area contributed by atoms with Crippen LogP contribution >= 0.6 is 0 Å². The molecule has 4 rings (SSSR count). The first-order valence-corrected chi connectivity index (χ1v) is 7.81. The third kappa shape index (κ3) is 2.64. The normalized spacial score (nSPS) is 23.1. The first-order chi connectivity index (χ1) is 10.7. The van der Waals surface area contributed by atoms with Crippen LogP contribution in [0.3, 0.4) is 0 Å². The second-order valence-corrected chi connectivity index (χ2v) is 6.18. The van der Waals surface area contributed by atoms with Gasteiger partial charge in [0.1, 0.15) is 23.6 Å². The molecule has 2 fully saturated rings. The largest absolute Gasteiger partial charge is 0.367 e. The Kier molecular flexibility index (Phi) is 3.42. The van der Waals surface area contributed by atoms with Gasteiger partial charge in [-0.25, -0.2) is 4.98 Å². The lowest BCUT2D eigenvalue weighted by atomic mass is 10.2. The van der Waals surface area contributed by atoms with Crippen LogP contribution in [-0.4, -0.2) is 54.5 Å². The third-order valence-corrected chi connectivity index (χ3v) is 4.36. The minimum Gasteiger partial charge on any atom is -0.367 e. The first kappa shape index (κ1) is 13.8. The molecule has 2 aliphatic rings. The van der Waals surface area contributed by atoms with Gasteiger partial charge in [-0.3, -0.25) is 10.00 Å². The summed E-state index contributed by atoms with van der Waals surface area (Å²) in [6, 6.07) is 0. The van der Waals surface area contributed by atoms with Crippen molar-refractivity contribution in [2.45, 2.75) is 38.3 Å². The molecule has 22 heavy (non-hydrogen) atoms. The van der Waals surface area contributed by atoms with E-state index in [2.05, 4.69) is 41.9 Å². The van der Waals surface area contributed by atoms with Crippen LogP contribution in [0.4, 0.5) is 0 Å². The van der Waals surface area contributed by atoms with Crippen molar-refractivity contribution < 1.29 is 4.74 Å². The molecule has 3 heterocycles. The number of hydrogen-bond donors (Lipinski definition) is 1. The smallest absolute Gasteiger partial charge is 0.180 e. The van der Waals surface area contributed by atoms with Gasteiger partial charge in [0.2, 0.25) is 0 Å². The summed E-state index contributed by atoms with van der Waals surface area (Å²) < 4.78 is 7.95. The highest BCUT2D eigenvalue weighted by molar-refractivity contribution is 5.08. The summed E-state index contributed by atoms with van der Waals surface area (Å²) in [5, 5.41) is 15.8. The maximum absolute atomic E-state index is 5.80. The van der Waals surface area contributed by atoms with Gasteiger partial charge in [-0.1, -0.05) is 0 Å². The predicted octanol–water partition coefficient (Wildman–Crippen LogP) is 0.693. The molecule has 2 aromatic rings. The van der Waals surface area contributed by atoms with Crippen LogP contribution in [-0.2, 0) is 18.3 Å². The number of H-pyrrole nitrogens is 1. The van der Waals surface area contributed by atoms with E-state index in [0.29, 0.717) is 12.5 Å². The first-order valence-electron chi connectivity index (χ1n) is 7.81. The Morgan fingerprint density at radius 1 is 1.32 bits per heavy atom. The van der Waals surface area contributed by atoms with Gasteiger partial charge in [0, 0.05) is 26.1 Å². The summed E-state index contributed by atoms with van der Waals surface area (Å²) in [7, 11) is 2.07. The summed E-state index contributed by atoms with van der Waals surface area (Å²) in [6.45, 7) is 5.05. The predicted molar refractivity (Wildman–Crippen MR) is 78.1 cm³/mol. The molecular formula is C14H21N7O. The minimum atomic E-state index is -0.0742. The Morgan fingerprint density at radius 2 is 2.18 bits per heavy atom. The molecule has 118 valence electrons. The Balaban J connectivity index is 1.44. The second-order valence-electron chi connectivity index (χ2n) is 6.18. The zero-order chi connectivity index (χ0) is 15.1. The molecule has 1 aliphatic carbocycles. The summed E-state index contributed by atoms with van der Waals surface area (Å²) >= 11 is 0. The number of aryl methyl sites for hydroxylation is 1. The number of rotatable bonds is 4. The van der Waals surface area contributed by atoms with E-state index < -0.39 is 0 Å². The number of aromatic nitrogens is 6. The van der Waals surface area contributed by atoms with Gasteiger partial charge in [0.15, 0.2) is 5.82 Å². The maximum atomic E-state index is 5.80. The summed E-state index contributed by atoms with van der Waals surface area (Å²) in [5.74, 6) is 4.33. The van der Waals surface area contributed by atoms with Crippen LogP contribution in [0, 0.1) is 6.92 Å². The summed E-state index contributed by atoms with van der Waals surface area (Å²) in [6.07, 6.45) is 2.42. The molecule has 0 bridgehead atoms. The molecular weight excluding hydrogens is 282 g/mol. The molecule has 1 atom stereocenters. The number of morpholine rings is 1. The van der Waals surface area contributed by atoms with Crippen LogP contribution in [0.25, 0.3) is 0 Å². The fourth-order valence-electron chi connectivity index (χ4n) is 2.92. The Hall–Kier alpha value is -1.80. The molecule has 8 heteroatoms. The number of hydrogen-bond acceptors (Lipinski definition) is 6. The Morgan fingerprint density at radius 3 is 2.91 bits per heavy atom. The number of ether oxygens (including phenoxy) is 1. The Bertz CT molecular complexity index is 660. The van der Waals surface area contributed by atoms with Crippen molar-refractivity contribution in [2.24, 2.45) is 7.05 Å². The van der Waals surface area contributed by atoms with E-state index in [-0.39, 0.29) is 6.10 Å². The average molecular weight is 303 g/mol. The van der Waals surface area contributed by atoms with Crippen molar-refractivity contribution in [3.8, 4) is 0 Å². The highest BCUT2D eigenvalue weighted by atomic mass is 16.5. The molecule has 0 aromatic carbocycles. The van der Waals surface area contributed by atoms with E-state index in [1.54, 1.807) is 0 Å².